The van der Waals surface area contributed by atoms with Crippen LogP contribution in [-0.2, 0) is 0 Å². The highest BCUT2D eigenvalue weighted by atomic mass is 16.3. The Morgan fingerprint density at radius 1 is 0.451 bits per heavy atom. The second-order valence-electron chi connectivity index (χ2n) is 12.8. The molecule has 5 aromatic carbocycles. The van der Waals surface area contributed by atoms with E-state index in [0.717, 1.165) is 72.4 Å². The van der Waals surface area contributed by atoms with Crippen LogP contribution in [0.5, 0.6) is 0 Å². The molecule has 0 saturated heterocycles. The zero-order valence-electron chi connectivity index (χ0n) is 27.1. The molecule has 6 aromatic heterocycles. The van der Waals surface area contributed by atoms with Crippen molar-refractivity contribution in [3.8, 4) is 33.9 Å². The van der Waals surface area contributed by atoms with E-state index >= 15 is 0 Å². The lowest BCUT2D eigenvalue weighted by Crippen LogP contribution is -1.95. The first kappa shape index (κ1) is 27.8. The molecular weight excluding hydrogens is 629 g/mol. The third-order valence-corrected chi connectivity index (χ3v) is 9.89. The van der Waals surface area contributed by atoms with Crippen LogP contribution in [0.25, 0.3) is 99.8 Å². The quantitative estimate of drug-likeness (QED) is 0.189. The van der Waals surface area contributed by atoms with E-state index in [0.29, 0.717) is 11.2 Å². The number of pyridine rings is 2. The fourth-order valence-corrected chi connectivity index (χ4v) is 7.57. The minimum Gasteiger partial charge on any atom is -0.453 e. The van der Waals surface area contributed by atoms with Gasteiger partial charge in [0, 0.05) is 50.2 Å². The Kier molecular flexibility index (Phi) is 5.83. The number of benzene rings is 5. The van der Waals surface area contributed by atoms with Gasteiger partial charge in [0.25, 0.3) is 0 Å². The zero-order chi connectivity index (χ0) is 33.5. The predicted molar refractivity (Wildman–Crippen MR) is 204 cm³/mol. The van der Waals surface area contributed by atoms with Gasteiger partial charge in [0.15, 0.2) is 11.2 Å². The van der Waals surface area contributed by atoms with E-state index in [1.165, 1.54) is 16.3 Å². The predicted octanol–water partition coefficient (Wildman–Crippen LogP) is 10.7. The van der Waals surface area contributed by atoms with Gasteiger partial charge in [-0.05, 0) is 66.7 Å². The van der Waals surface area contributed by atoms with Gasteiger partial charge in [0.1, 0.15) is 23.0 Å². The van der Waals surface area contributed by atoms with Gasteiger partial charge in [-0.2, -0.15) is 0 Å². The molecule has 238 valence electrons. The van der Waals surface area contributed by atoms with Crippen molar-refractivity contribution in [2.24, 2.45) is 0 Å². The molecule has 0 amide bonds. The van der Waals surface area contributed by atoms with Crippen molar-refractivity contribution in [3.05, 3.63) is 158 Å². The number of para-hydroxylation sites is 3. The van der Waals surface area contributed by atoms with E-state index in [1.54, 1.807) is 6.33 Å². The maximum atomic E-state index is 6.26. The third-order valence-electron chi connectivity index (χ3n) is 9.89. The molecule has 0 aliphatic heterocycles. The molecule has 0 saturated carbocycles. The molecule has 0 radical (unpaired) electrons. The highest BCUT2D eigenvalue weighted by molar-refractivity contribution is 6.11. The van der Waals surface area contributed by atoms with Crippen molar-refractivity contribution >= 4 is 65.9 Å². The summed E-state index contributed by atoms with van der Waals surface area (Å²) in [5.74, 6) is 0. The van der Waals surface area contributed by atoms with Crippen LogP contribution in [0, 0.1) is 0 Å². The standard InChI is InChI=1S/C44H26N6O/c1-3-9-29(10-4-1)49-37-14-8-7-13-31(37)32-17-15-27(23-38(32)49)35-19-21-40-42(47-35)43-41(51-40)22-20-36(48-43)28-16-18-33-34-25-45-26-46-44(34)50(39(33)24-28)30-11-5-2-6-12-30/h1-26H. The van der Waals surface area contributed by atoms with Gasteiger partial charge < -0.3 is 8.98 Å². The molecule has 7 heteroatoms. The van der Waals surface area contributed by atoms with Gasteiger partial charge in [-0.25, -0.2) is 19.9 Å². The largest absolute Gasteiger partial charge is 0.453 e. The second-order valence-corrected chi connectivity index (χ2v) is 12.8. The Morgan fingerprint density at radius 2 is 1.00 bits per heavy atom. The van der Waals surface area contributed by atoms with Crippen molar-refractivity contribution < 1.29 is 4.42 Å². The molecule has 11 aromatic rings. The summed E-state index contributed by atoms with van der Waals surface area (Å²) < 4.78 is 10.8. The number of hydrogen-bond donors (Lipinski definition) is 0. The number of aromatic nitrogens is 6. The van der Waals surface area contributed by atoms with Crippen molar-refractivity contribution in [3.63, 3.8) is 0 Å². The fraction of sp³-hybridized carbons (Fsp3) is 0. The van der Waals surface area contributed by atoms with Crippen LogP contribution in [0.1, 0.15) is 0 Å². The summed E-state index contributed by atoms with van der Waals surface area (Å²) in [6.07, 6.45) is 3.48. The van der Waals surface area contributed by atoms with Gasteiger partial charge >= 0.3 is 0 Å². The minimum atomic E-state index is 0.702. The van der Waals surface area contributed by atoms with Gasteiger partial charge in [-0.15, -0.1) is 0 Å². The molecule has 0 N–H and O–H groups in total. The highest BCUT2D eigenvalue weighted by Crippen LogP contribution is 2.37. The van der Waals surface area contributed by atoms with Crippen molar-refractivity contribution in [1.82, 2.24) is 29.1 Å². The average Bonchev–Trinajstić information content (AvgIpc) is 3.85. The number of furan rings is 1. The summed E-state index contributed by atoms with van der Waals surface area (Å²) >= 11 is 0. The summed E-state index contributed by atoms with van der Waals surface area (Å²) in [6.45, 7) is 0. The summed E-state index contributed by atoms with van der Waals surface area (Å²) in [5, 5.41) is 4.52. The lowest BCUT2D eigenvalue weighted by molar-refractivity contribution is 0.667. The normalized spacial score (nSPS) is 11.9. The molecule has 0 bridgehead atoms. The van der Waals surface area contributed by atoms with Crippen LogP contribution < -0.4 is 0 Å². The van der Waals surface area contributed by atoms with Crippen molar-refractivity contribution in [2.75, 3.05) is 0 Å². The second kappa shape index (κ2) is 10.7. The molecule has 0 unspecified atom stereocenters. The van der Waals surface area contributed by atoms with Crippen molar-refractivity contribution in [1.29, 1.82) is 0 Å². The first-order chi connectivity index (χ1) is 25.3. The Hall–Kier alpha value is -7.12. The lowest BCUT2D eigenvalue weighted by atomic mass is 10.1. The number of rotatable bonds is 4. The van der Waals surface area contributed by atoms with Gasteiger partial charge in [-0.3, -0.25) is 4.57 Å². The van der Waals surface area contributed by atoms with Crippen LogP contribution in [0.2, 0.25) is 0 Å². The first-order valence-electron chi connectivity index (χ1n) is 16.9. The van der Waals surface area contributed by atoms with E-state index in [1.807, 2.05) is 48.7 Å². The first-order valence-corrected chi connectivity index (χ1v) is 16.9. The molecule has 0 aliphatic rings. The zero-order valence-corrected chi connectivity index (χ0v) is 27.1. The monoisotopic (exact) mass is 654 g/mol. The average molecular weight is 655 g/mol. The van der Waals surface area contributed by atoms with Crippen LogP contribution >= 0.6 is 0 Å². The number of hydrogen-bond acceptors (Lipinski definition) is 5. The van der Waals surface area contributed by atoms with E-state index in [4.69, 9.17) is 14.4 Å². The topological polar surface area (TPSA) is 74.6 Å². The molecule has 0 atom stereocenters. The molecule has 11 rings (SSSR count). The van der Waals surface area contributed by atoms with Gasteiger partial charge in [0.2, 0.25) is 0 Å². The van der Waals surface area contributed by atoms with E-state index in [2.05, 4.69) is 122 Å². The minimum absolute atomic E-state index is 0.702. The molecular formula is C44H26N6O. The van der Waals surface area contributed by atoms with Crippen molar-refractivity contribution in [2.45, 2.75) is 0 Å². The Morgan fingerprint density at radius 3 is 1.67 bits per heavy atom. The molecule has 0 spiro atoms. The maximum Gasteiger partial charge on any atom is 0.155 e. The summed E-state index contributed by atoms with van der Waals surface area (Å²) in [4.78, 5) is 19.3. The molecule has 0 fully saturated rings. The SMILES string of the molecule is c1ccc(-n2c3ccccc3c3ccc(-c4ccc5oc6ccc(-c7ccc8c9cncnc9n(-c9ccccc9)c8c7)nc6c5n4)cc32)cc1. The molecule has 6 heterocycles. The summed E-state index contributed by atoms with van der Waals surface area (Å²) in [6, 6.07) is 50.4. The van der Waals surface area contributed by atoms with E-state index in [9.17, 15) is 0 Å². The van der Waals surface area contributed by atoms with E-state index in [-0.39, 0.29) is 0 Å². The molecule has 0 aliphatic carbocycles. The van der Waals surface area contributed by atoms with E-state index < -0.39 is 0 Å². The highest BCUT2D eigenvalue weighted by Gasteiger charge is 2.18. The Labute approximate surface area is 290 Å². The van der Waals surface area contributed by atoms with Crippen LogP contribution in [-0.4, -0.2) is 29.1 Å². The number of fused-ring (bicyclic) bond motifs is 9. The summed E-state index contributed by atoms with van der Waals surface area (Å²) in [7, 11) is 0. The third kappa shape index (κ3) is 4.18. The smallest absolute Gasteiger partial charge is 0.155 e. The maximum absolute atomic E-state index is 6.26. The van der Waals surface area contributed by atoms with Gasteiger partial charge in [-0.1, -0.05) is 78.9 Å². The van der Waals surface area contributed by atoms with Gasteiger partial charge in [0.05, 0.1) is 27.9 Å². The molecule has 51 heavy (non-hydrogen) atoms. The Bertz CT molecular complexity index is 2930. The summed E-state index contributed by atoms with van der Waals surface area (Å²) in [5.41, 5.74) is 13.0. The Balaban J connectivity index is 1.07. The number of nitrogens with zero attached hydrogens (tertiary/aromatic N) is 6. The van der Waals surface area contributed by atoms with Crippen LogP contribution in [0.15, 0.2) is 163 Å². The van der Waals surface area contributed by atoms with Crippen LogP contribution in [0.4, 0.5) is 0 Å². The lowest BCUT2D eigenvalue weighted by Gasteiger charge is -2.08. The fourth-order valence-electron chi connectivity index (χ4n) is 7.57. The molecule has 7 nitrogen and oxygen atoms in total. The van der Waals surface area contributed by atoms with Crippen LogP contribution in [0.3, 0.4) is 0 Å².